The molecule has 1 aliphatic heterocycles. The first-order valence-electron chi connectivity index (χ1n) is 6.69. The molecule has 0 saturated carbocycles. The van der Waals surface area contributed by atoms with E-state index in [-0.39, 0.29) is 6.10 Å². The number of aromatic nitrogens is 2. The number of hydrogen-bond donors (Lipinski definition) is 1. The second kappa shape index (κ2) is 6.43. The first-order valence-corrected chi connectivity index (χ1v) is 7.48. The van der Waals surface area contributed by atoms with Crippen LogP contribution >= 0.6 is 15.9 Å². The van der Waals surface area contributed by atoms with Crippen molar-refractivity contribution >= 4 is 15.9 Å². The van der Waals surface area contributed by atoms with E-state index in [4.69, 9.17) is 4.74 Å². The molecule has 2 aromatic heterocycles. The van der Waals surface area contributed by atoms with Gasteiger partial charge in [0.2, 0.25) is 0 Å². The highest BCUT2D eigenvalue weighted by Crippen LogP contribution is 2.18. The lowest BCUT2D eigenvalue weighted by Gasteiger charge is -2.23. The van der Waals surface area contributed by atoms with Crippen LogP contribution in [0.5, 0.6) is 0 Å². The third kappa shape index (κ3) is 3.42. The summed E-state index contributed by atoms with van der Waals surface area (Å²) in [4.78, 5) is 8.88. The Morgan fingerprint density at radius 1 is 1.15 bits per heavy atom. The molecule has 4 nitrogen and oxygen atoms in total. The van der Waals surface area contributed by atoms with Gasteiger partial charge in [-0.15, -0.1) is 0 Å². The van der Waals surface area contributed by atoms with E-state index in [1.807, 2.05) is 24.5 Å². The fraction of sp³-hybridized carbons (Fsp3) is 0.333. The van der Waals surface area contributed by atoms with E-state index in [9.17, 15) is 0 Å². The lowest BCUT2D eigenvalue weighted by molar-refractivity contribution is 0.0275. The summed E-state index contributed by atoms with van der Waals surface area (Å²) in [5, 5.41) is 3.33. The summed E-state index contributed by atoms with van der Waals surface area (Å²) >= 11 is 3.39. The van der Waals surface area contributed by atoms with Crippen LogP contribution in [-0.4, -0.2) is 29.7 Å². The minimum Gasteiger partial charge on any atom is -0.371 e. The highest BCUT2D eigenvalue weighted by molar-refractivity contribution is 9.10. The van der Waals surface area contributed by atoms with Gasteiger partial charge >= 0.3 is 0 Å². The number of nitrogens with zero attached hydrogens (tertiary/aromatic N) is 2. The lowest BCUT2D eigenvalue weighted by Crippen LogP contribution is -2.33. The average Bonchev–Trinajstić information content (AvgIpc) is 2.51. The van der Waals surface area contributed by atoms with E-state index in [0.717, 1.165) is 47.5 Å². The second-order valence-corrected chi connectivity index (χ2v) is 5.71. The topological polar surface area (TPSA) is 47.0 Å². The first-order chi connectivity index (χ1) is 9.81. The SMILES string of the molecule is Brc1ccc(Cc2ccc([C@@H]3CNCCO3)cn2)nc1. The Hall–Kier alpha value is -1.30. The van der Waals surface area contributed by atoms with Gasteiger partial charge in [-0.05, 0) is 34.1 Å². The Balaban J connectivity index is 1.67. The quantitative estimate of drug-likeness (QED) is 0.937. The van der Waals surface area contributed by atoms with Crippen LogP contribution in [0.1, 0.15) is 23.1 Å². The molecule has 0 bridgehead atoms. The molecule has 0 spiro atoms. The fourth-order valence-corrected chi connectivity index (χ4v) is 2.44. The molecule has 3 heterocycles. The zero-order chi connectivity index (χ0) is 13.8. The number of pyridine rings is 2. The van der Waals surface area contributed by atoms with Gasteiger partial charge < -0.3 is 10.1 Å². The largest absolute Gasteiger partial charge is 0.371 e. The van der Waals surface area contributed by atoms with Crippen molar-refractivity contribution < 1.29 is 4.74 Å². The van der Waals surface area contributed by atoms with E-state index >= 15 is 0 Å². The second-order valence-electron chi connectivity index (χ2n) is 4.79. The van der Waals surface area contributed by atoms with E-state index in [1.54, 1.807) is 0 Å². The Labute approximate surface area is 126 Å². The van der Waals surface area contributed by atoms with Crippen molar-refractivity contribution in [2.45, 2.75) is 12.5 Å². The van der Waals surface area contributed by atoms with Gasteiger partial charge in [0, 0.05) is 53.3 Å². The van der Waals surface area contributed by atoms with E-state index in [0.29, 0.717) is 0 Å². The molecular formula is C15H16BrN3O. The summed E-state index contributed by atoms with van der Waals surface area (Å²) in [6.45, 7) is 2.54. The van der Waals surface area contributed by atoms with Crippen LogP contribution in [0.15, 0.2) is 41.1 Å². The van der Waals surface area contributed by atoms with Crippen molar-refractivity contribution in [3.63, 3.8) is 0 Å². The maximum Gasteiger partial charge on any atom is 0.0964 e. The summed E-state index contributed by atoms with van der Waals surface area (Å²) < 4.78 is 6.71. The number of morpholine rings is 1. The molecule has 0 aliphatic carbocycles. The van der Waals surface area contributed by atoms with Crippen LogP contribution in [0.4, 0.5) is 0 Å². The van der Waals surface area contributed by atoms with E-state index in [2.05, 4.69) is 43.3 Å². The first kappa shape index (κ1) is 13.7. The van der Waals surface area contributed by atoms with Crippen LogP contribution < -0.4 is 5.32 Å². The monoisotopic (exact) mass is 333 g/mol. The van der Waals surface area contributed by atoms with E-state index in [1.165, 1.54) is 0 Å². The van der Waals surface area contributed by atoms with Crippen molar-refractivity contribution in [2.75, 3.05) is 19.7 Å². The molecule has 1 fully saturated rings. The summed E-state index contributed by atoms with van der Waals surface area (Å²) in [5.41, 5.74) is 3.17. The van der Waals surface area contributed by atoms with Crippen molar-refractivity contribution in [3.05, 3.63) is 58.1 Å². The zero-order valence-corrected chi connectivity index (χ0v) is 12.6. The molecule has 20 heavy (non-hydrogen) atoms. The van der Waals surface area contributed by atoms with Gasteiger partial charge in [0.05, 0.1) is 12.7 Å². The molecule has 0 unspecified atom stereocenters. The van der Waals surface area contributed by atoms with Gasteiger partial charge in [0.15, 0.2) is 0 Å². The van der Waals surface area contributed by atoms with Gasteiger partial charge in [-0.3, -0.25) is 9.97 Å². The van der Waals surface area contributed by atoms with Crippen molar-refractivity contribution in [1.29, 1.82) is 0 Å². The molecule has 1 saturated heterocycles. The predicted molar refractivity (Wildman–Crippen MR) is 80.5 cm³/mol. The summed E-state index contributed by atoms with van der Waals surface area (Å²) in [6.07, 6.45) is 4.59. The maximum absolute atomic E-state index is 5.72. The Kier molecular flexibility index (Phi) is 4.40. The molecule has 3 rings (SSSR count). The third-order valence-corrected chi connectivity index (χ3v) is 3.77. The molecule has 104 valence electrons. The minimum absolute atomic E-state index is 0.121. The molecule has 0 amide bonds. The fourth-order valence-electron chi connectivity index (χ4n) is 2.21. The minimum atomic E-state index is 0.121. The Bertz CT molecular complexity index is 550. The number of rotatable bonds is 3. The molecule has 1 aliphatic rings. The van der Waals surface area contributed by atoms with E-state index < -0.39 is 0 Å². The molecule has 1 N–H and O–H groups in total. The van der Waals surface area contributed by atoms with Crippen molar-refractivity contribution in [3.8, 4) is 0 Å². The molecule has 1 atom stereocenters. The standard InChI is InChI=1S/C15H16BrN3O/c16-12-2-4-14(19-9-12)7-13-3-1-11(8-18-13)15-10-17-5-6-20-15/h1-4,8-9,15,17H,5-7,10H2/t15-/m0/s1. The van der Waals surface area contributed by atoms with Gasteiger partial charge in [-0.1, -0.05) is 6.07 Å². The zero-order valence-electron chi connectivity index (χ0n) is 11.1. The van der Waals surface area contributed by atoms with Crippen LogP contribution in [0, 0.1) is 0 Å². The average molecular weight is 334 g/mol. The smallest absolute Gasteiger partial charge is 0.0964 e. The Morgan fingerprint density at radius 3 is 2.55 bits per heavy atom. The molecule has 5 heteroatoms. The van der Waals surface area contributed by atoms with Gasteiger partial charge in [-0.25, -0.2) is 0 Å². The van der Waals surface area contributed by atoms with Crippen LogP contribution in [0.3, 0.4) is 0 Å². The van der Waals surface area contributed by atoms with Gasteiger partial charge in [0.25, 0.3) is 0 Å². The highest BCUT2D eigenvalue weighted by Gasteiger charge is 2.15. The van der Waals surface area contributed by atoms with Crippen LogP contribution in [-0.2, 0) is 11.2 Å². The van der Waals surface area contributed by atoms with Crippen LogP contribution in [0.25, 0.3) is 0 Å². The van der Waals surface area contributed by atoms with Gasteiger partial charge in [0.1, 0.15) is 0 Å². The molecule has 0 aromatic carbocycles. The lowest BCUT2D eigenvalue weighted by atomic mass is 10.1. The Morgan fingerprint density at radius 2 is 1.95 bits per heavy atom. The number of hydrogen-bond acceptors (Lipinski definition) is 4. The normalized spacial score (nSPS) is 18.9. The molecule has 2 aromatic rings. The number of halogens is 1. The molecular weight excluding hydrogens is 318 g/mol. The molecule has 0 radical (unpaired) electrons. The number of nitrogens with one attached hydrogen (secondary N) is 1. The van der Waals surface area contributed by atoms with Crippen molar-refractivity contribution in [1.82, 2.24) is 15.3 Å². The number of ether oxygens (including phenoxy) is 1. The summed E-state index contributed by atoms with van der Waals surface area (Å²) in [5.74, 6) is 0. The maximum atomic E-state index is 5.72. The van der Waals surface area contributed by atoms with Crippen LogP contribution in [0.2, 0.25) is 0 Å². The predicted octanol–water partition coefficient (Wildman–Crippen LogP) is 2.49. The highest BCUT2D eigenvalue weighted by atomic mass is 79.9. The van der Waals surface area contributed by atoms with Gasteiger partial charge in [-0.2, -0.15) is 0 Å². The summed E-state index contributed by atoms with van der Waals surface area (Å²) in [7, 11) is 0. The third-order valence-electron chi connectivity index (χ3n) is 3.30. The van der Waals surface area contributed by atoms with Crippen molar-refractivity contribution in [2.24, 2.45) is 0 Å². The summed E-state index contributed by atoms with van der Waals surface area (Å²) in [6, 6.07) is 8.15.